The Bertz CT molecular complexity index is 563. The molecule has 102 valence electrons. The first-order valence-electron chi connectivity index (χ1n) is 6.82. The molecule has 2 heterocycles. The van der Waals surface area contributed by atoms with E-state index >= 15 is 0 Å². The van der Waals surface area contributed by atoms with Crippen LogP contribution >= 0.6 is 0 Å². The molecule has 2 unspecified atom stereocenters. The topological polar surface area (TPSA) is 80.3 Å². The van der Waals surface area contributed by atoms with Gasteiger partial charge in [-0.05, 0) is 18.3 Å². The van der Waals surface area contributed by atoms with Gasteiger partial charge in [0.25, 0.3) is 0 Å². The van der Waals surface area contributed by atoms with Gasteiger partial charge in [-0.3, -0.25) is 0 Å². The SMILES string of the molecule is CC1CCCC1CNc1nc(NN)cn2ccnc12. The van der Waals surface area contributed by atoms with E-state index in [9.17, 15) is 0 Å². The molecule has 2 aromatic rings. The van der Waals surface area contributed by atoms with E-state index in [-0.39, 0.29) is 0 Å². The van der Waals surface area contributed by atoms with Crippen LogP contribution < -0.4 is 16.6 Å². The minimum Gasteiger partial charge on any atom is -0.367 e. The van der Waals surface area contributed by atoms with E-state index < -0.39 is 0 Å². The molecule has 0 spiro atoms. The summed E-state index contributed by atoms with van der Waals surface area (Å²) in [6.07, 6.45) is 9.45. The van der Waals surface area contributed by atoms with Crippen molar-refractivity contribution in [2.45, 2.75) is 26.2 Å². The lowest BCUT2D eigenvalue weighted by Crippen LogP contribution is -2.18. The fourth-order valence-corrected chi connectivity index (χ4v) is 2.87. The lowest BCUT2D eigenvalue weighted by molar-refractivity contribution is 0.439. The first-order chi connectivity index (χ1) is 9.28. The third-order valence-electron chi connectivity index (χ3n) is 4.09. The van der Waals surface area contributed by atoms with Crippen LogP contribution in [0, 0.1) is 11.8 Å². The predicted molar refractivity (Wildman–Crippen MR) is 75.8 cm³/mol. The van der Waals surface area contributed by atoms with Crippen molar-refractivity contribution >= 4 is 17.3 Å². The first kappa shape index (κ1) is 12.2. The summed E-state index contributed by atoms with van der Waals surface area (Å²) >= 11 is 0. The van der Waals surface area contributed by atoms with Crippen LogP contribution in [0.3, 0.4) is 0 Å². The van der Waals surface area contributed by atoms with E-state index in [0.717, 1.165) is 29.8 Å². The molecule has 0 bridgehead atoms. The zero-order valence-corrected chi connectivity index (χ0v) is 11.1. The number of hydrazine groups is 1. The number of anilines is 2. The molecule has 2 atom stereocenters. The maximum absolute atomic E-state index is 5.44. The van der Waals surface area contributed by atoms with Crippen molar-refractivity contribution in [1.29, 1.82) is 0 Å². The molecular weight excluding hydrogens is 240 g/mol. The van der Waals surface area contributed by atoms with Crippen molar-refractivity contribution < 1.29 is 0 Å². The van der Waals surface area contributed by atoms with E-state index in [1.54, 1.807) is 6.20 Å². The summed E-state index contributed by atoms with van der Waals surface area (Å²) in [5.41, 5.74) is 3.42. The lowest BCUT2D eigenvalue weighted by atomic mass is 9.98. The molecule has 1 fully saturated rings. The minimum atomic E-state index is 0.632. The van der Waals surface area contributed by atoms with E-state index in [4.69, 9.17) is 5.84 Å². The molecule has 0 amide bonds. The van der Waals surface area contributed by atoms with Crippen LogP contribution in [0.5, 0.6) is 0 Å². The zero-order chi connectivity index (χ0) is 13.2. The number of nitrogen functional groups attached to an aromatic ring is 1. The zero-order valence-electron chi connectivity index (χ0n) is 11.1. The molecule has 0 radical (unpaired) electrons. The Labute approximate surface area is 112 Å². The molecule has 1 saturated carbocycles. The number of hydrogen-bond donors (Lipinski definition) is 3. The molecule has 2 aromatic heterocycles. The number of nitrogens with one attached hydrogen (secondary N) is 2. The Morgan fingerprint density at radius 2 is 2.37 bits per heavy atom. The molecule has 1 aliphatic rings. The second-order valence-electron chi connectivity index (χ2n) is 5.33. The van der Waals surface area contributed by atoms with Gasteiger partial charge in [0, 0.05) is 18.9 Å². The fourth-order valence-electron chi connectivity index (χ4n) is 2.87. The largest absolute Gasteiger partial charge is 0.367 e. The number of rotatable bonds is 4. The van der Waals surface area contributed by atoms with Crippen LogP contribution in [0.1, 0.15) is 26.2 Å². The highest BCUT2D eigenvalue weighted by Gasteiger charge is 2.23. The summed E-state index contributed by atoms with van der Waals surface area (Å²) in [7, 11) is 0. The quantitative estimate of drug-likeness (QED) is 0.577. The molecule has 4 N–H and O–H groups in total. The number of fused-ring (bicyclic) bond motifs is 1. The smallest absolute Gasteiger partial charge is 0.180 e. The van der Waals surface area contributed by atoms with Crippen LogP contribution in [0.4, 0.5) is 11.6 Å². The normalized spacial score (nSPS) is 22.8. The molecular formula is C13H20N6. The number of imidazole rings is 1. The highest BCUT2D eigenvalue weighted by Crippen LogP contribution is 2.31. The van der Waals surface area contributed by atoms with Crippen molar-refractivity contribution in [1.82, 2.24) is 14.4 Å². The second-order valence-corrected chi connectivity index (χ2v) is 5.33. The first-order valence-corrected chi connectivity index (χ1v) is 6.82. The van der Waals surface area contributed by atoms with Gasteiger partial charge >= 0.3 is 0 Å². The predicted octanol–water partition coefficient (Wildman–Crippen LogP) is 1.86. The summed E-state index contributed by atoms with van der Waals surface area (Å²) in [4.78, 5) is 8.77. The van der Waals surface area contributed by atoms with Gasteiger partial charge in [0.15, 0.2) is 17.3 Å². The Balaban J connectivity index is 1.81. The maximum atomic E-state index is 5.44. The summed E-state index contributed by atoms with van der Waals surface area (Å²) in [6, 6.07) is 0. The van der Waals surface area contributed by atoms with Gasteiger partial charge in [-0.25, -0.2) is 15.8 Å². The van der Waals surface area contributed by atoms with Gasteiger partial charge in [0.05, 0.1) is 6.20 Å². The molecule has 0 aromatic carbocycles. The van der Waals surface area contributed by atoms with Gasteiger partial charge in [0.1, 0.15) is 0 Å². The molecule has 3 rings (SSSR count). The van der Waals surface area contributed by atoms with Gasteiger partial charge in [-0.2, -0.15) is 0 Å². The maximum Gasteiger partial charge on any atom is 0.180 e. The third-order valence-corrected chi connectivity index (χ3v) is 4.09. The number of hydrogen-bond acceptors (Lipinski definition) is 5. The van der Waals surface area contributed by atoms with Gasteiger partial charge in [-0.15, -0.1) is 0 Å². The standard InChI is InChI=1S/C13H20N6/c1-9-3-2-4-10(9)7-16-12-13-15-5-6-19(13)8-11(17-12)18-14/h5-6,8-10,18H,2-4,7,14H2,1H3,(H,16,17). The summed E-state index contributed by atoms with van der Waals surface area (Å²) < 4.78 is 1.92. The van der Waals surface area contributed by atoms with Crippen LogP contribution in [0.2, 0.25) is 0 Å². The minimum absolute atomic E-state index is 0.632. The van der Waals surface area contributed by atoms with Crippen molar-refractivity contribution in [3.63, 3.8) is 0 Å². The fraction of sp³-hybridized carbons (Fsp3) is 0.538. The molecule has 6 heteroatoms. The average Bonchev–Trinajstić information content (AvgIpc) is 3.04. The van der Waals surface area contributed by atoms with Crippen LogP contribution in [0.25, 0.3) is 5.65 Å². The summed E-state index contributed by atoms with van der Waals surface area (Å²) in [5.74, 6) is 8.39. The van der Waals surface area contributed by atoms with Crippen molar-refractivity contribution in [2.24, 2.45) is 17.7 Å². The summed E-state index contributed by atoms with van der Waals surface area (Å²) in [6.45, 7) is 3.28. The molecule has 0 aliphatic heterocycles. The summed E-state index contributed by atoms with van der Waals surface area (Å²) in [5, 5.41) is 3.43. The van der Waals surface area contributed by atoms with Gasteiger partial charge < -0.3 is 15.1 Å². The highest BCUT2D eigenvalue weighted by atomic mass is 15.3. The number of nitrogens with two attached hydrogens (primary N) is 1. The van der Waals surface area contributed by atoms with E-state index in [2.05, 4.69) is 27.6 Å². The van der Waals surface area contributed by atoms with E-state index in [1.165, 1.54) is 19.3 Å². The Kier molecular flexibility index (Phi) is 3.25. The lowest BCUT2D eigenvalue weighted by Gasteiger charge is -2.17. The van der Waals surface area contributed by atoms with E-state index in [1.807, 2.05) is 16.8 Å². The Morgan fingerprint density at radius 1 is 1.47 bits per heavy atom. The number of aromatic nitrogens is 3. The van der Waals surface area contributed by atoms with Crippen LogP contribution in [-0.4, -0.2) is 20.9 Å². The average molecular weight is 260 g/mol. The second kappa shape index (κ2) is 5.05. The van der Waals surface area contributed by atoms with Crippen LogP contribution in [0.15, 0.2) is 18.6 Å². The Morgan fingerprint density at radius 3 is 3.11 bits per heavy atom. The monoisotopic (exact) mass is 260 g/mol. The Hall–Kier alpha value is -1.82. The van der Waals surface area contributed by atoms with Crippen LogP contribution in [-0.2, 0) is 0 Å². The molecule has 6 nitrogen and oxygen atoms in total. The highest BCUT2D eigenvalue weighted by molar-refractivity contribution is 5.65. The molecule has 1 aliphatic carbocycles. The van der Waals surface area contributed by atoms with Crippen molar-refractivity contribution in [3.05, 3.63) is 18.6 Å². The number of nitrogens with zero attached hydrogens (tertiary/aromatic N) is 3. The van der Waals surface area contributed by atoms with E-state index in [0.29, 0.717) is 5.82 Å². The third kappa shape index (κ3) is 2.35. The van der Waals surface area contributed by atoms with Gasteiger partial charge in [0.2, 0.25) is 0 Å². The van der Waals surface area contributed by atoms with Crippen molar-refractivity contribution in [2.75, 3.05) is 17.3 Å². The molecule has 0 saturated heterocycles. The van der Waals surface area contributed by atoms with Gasteiger partial charge in [-0.1, -0.05) is 19.8 Å². The van der Waals surface area contributed by atoms with Crippen molar-refractivity contribution in [3.8, 4) is 0 Å². The molecule has 19 heavy (non-hydrogen) atoms.